The van der Waals surface area contributed by atoms with Gasteiger partial charge in [0.2, 0.25) is 11.7 Å². The van der Waals surface area contributed by atoms with E-state index in [9.17, 15) is 24.0 Å². The Morgan fingerprint density at radius 2 is 1.60 bits per heavy atom. The van der Waals surface area contributed by atoms with Crippen molar-refractivity contribution in [1.82, 2.24) is 5.32 Å². The molecule has 0 aliphatic carbocycles. The van der Waals surface area contributed by atoms with Crippen LogP contribution in [0.3, 0.4) is 0 Å². The normalized spacial score (nSPS) is 12.6. The van der Waals surface area contributed by atoms with Gasteiger partial charge in [-0.3, -0.25) is 14.4 Å². The fourth-order valence-corrected chi connectivity index (χ4v) is 2.36. The zero-order valence-corrected chi connectivity index (χ0v) is 15.8. The molecule has 0 bridgehead atoms. The van der Waals surface area contributed by atoms with Crippen molar-refractivity contribution in [1.29, 1.82) is 0 Å². The topological polar surface area (TPSA) is 116 Å². The van der Waals surface area contributed by atoms with Gasteiger partial charge in [0.25, 0.3) is 0 Å². The zero-order chi connectivity index (χ0) is 19.4. The van der Waals surface area contributed by atoms with Crippen molar-refractivity contribution in [3.8, 4) is 0 Å². The maximum Gasteiger partial charge on any atom is 0.375 e. The van der Waals surface area contributed by atoms with Crippen molar-refractivity contribution < 1.29 is 33.4 Å². The highest BCUT2D eigenvalue weighted by atomic mass is 32.2. The lowest BCUT2D eigenvalue weighted by Crippen LogP contribution is -2.45. The molecule has 1 N–H and O–H groups in total. The quantitative estimate of drug-likeness (QED) is 0.321. The van der Waals surface area contributed by atoms with Crippen LogP contribution < -0.4 is 5.32 Å². The summed E-state index contributed by atoms with van der Waals surface area (Å²) in [4.78, 5) is 58.3. The summed E-state index contributed by atoms with van der Waals surface area (Å²) in [5.41, 5.74) is 0. The molecule has 0 aliphatic heterocycles. The number of amides is 1. The van der Waals surface area contributed by atoms with E-state index < -0.39 is 35.3 Å². The number of esters is 2. The van der Waals surface area contributed by atoms with E-state index in [0.29, 0.717) is 18.2 Å². The summed E-state index contributed by atoms with van der Waals surface area (Å²) in [6, 6.07) is -1.01. The number of ketones is 1. The van der Waals surface area contributed by atoms with Crippen LogP contribution in [0.25, 0.3) is 0 Å². The maximum absolute atomic E-state index is 11.9. The summed E-state index contributed by atoms with van der Waals surface area (Å²) < 4.78 is 9.39. The predicted molar refractivity (Wildman–Crippen MR) is 91.7 cm³/mol. The van der Waals surface area contributed by atoms with Crippen molar-refractivity contribution in [3.63, 3.8) is 0 Å². The number of carbonyl (C=O) groups is 5. The number of rotatable bonds is 11. The van der Waals surface area contributed by atoms with Crippen LogP contribution in [0, 0.1) is 5.92 Å². The van der Waals surface area contributed by atoms with Gasteiger partial charge in [-0.15, -0.1) is 0 Å². The van der Waals surface area contributed by atoms with Crippen molar-refractivity contribution in [2.45, 2.75) is 46.6 Å². The first-order valence-electron chi connectivity index (χ1n) is 8.09. The van der Waals surface area contributed by atoms with Gasteiger partial charge >= 0.3 is 11.9 Å². The smallest absolute Gasteiger partial charge is 0.375 e. The number of thioether (sulfide) groups is 1. The average molecular weight is 375 g/mol. The lowest BCUT2D eigenvalue weighted by molar-refractivity contribution is -0.154. The molecule has 8 nitrogen and oxygen atoms in total. The zero-order valence-electron chi connectivity index (χ0n) is 15.0. The maximum atomic E-state index is 11.9. The van der Waals surface area contributed by atoms with Crippen LogP contribution >= 0.6 is 11.8 Å². The van der Waals surface area contributed by atoms with E-state index >= 15 is 0 Å². The second-order valence-corrected chi connectivity index (χ2v) is 6.20. The van der Waals surface area contributed by atoms with Crippen LogP contribution in [0.2, 0.25) is 0 Å². The van der Waals surface area contributed by atoms with Gasteiger partial charge in [-0.05, 0) is 20.3 Å². The Morgan fingerprint density at radius 1 is 1.00 bits per heavy atom. The number of Topliss-reactive ketones (excluding diaryl/α,β-unsaturated/α-hetero) is 1. The molecule has 2 atom stereocenters. The third kappa shape index (κ3) is 9.23. The molecule has 0 aromatic carbocycles. The Hall–Kier alpha value is -1.90. The van der Waals surface area contributed by atoms with E-state index in [1.165, 1.54) is 0 Å². The summed E-state index contributed by atoms with van der Waals surface area (Å²) in [6.07, 6.45) is -0.0279. The molecule has 142 valence electrons. The molecule has 2 unspecified atom stereocenters. The monoisotopic (exact) mass is 375 g/mol. The van der Waals surface area contributed by atoms with E-state index in [1.54, 1.807) is 20.8 Å². The van der Waals surface area contributed by atoms with Gasteiger partial charge in [0, 0.05) is 11.7 Å². The van der Waals surface area contributed by atoms with Crippen LogP contribution in [0.4, 0.5) is 0 Å². The van der Waals surface area contributed by atoms with Crippen LogP contribution in [-0.4, -0.2) is 53.8 Å². The molecule has 1 amide bonds. The van der Waals surface area contributed by atoms with E-state index in [0.717, 1.165) is 0 Å². The third-order valence-electron chi connectivity index (χ3n) is 3.17. The molecule has 0 radical (unpaired) electrons. The molecule has 0 aromatic rings. The Balaban J connectivity index is 4.67. The van der Waals surface area contributed by atoms with E-state index in [2.05, 4.69) is 10.1 Å². The van der Waals surface area contributed by atoms with Crippen molar-refractivity contribution in [2.24, 2.45) is 5.92 Å². The summed E-state index contributed by atoms with van der Waals surface area (Å²) in [7, 11) is 0. The number of carbonyl (C=O) groups excluding carboxylic acids is 5. The van der Waals surface area contributed by atoms with Crippen molar-refractivity contribution in [2.75, 3.05) is 19.0 Å². The molecule has 0 aliphatic rings. The molecule has 25 heavy (non-hydrogen) atoms. The van der Waals surface area contributed by atoms with Crippen LogP contribution in [-0.2, 0) is 33.4 Å². The molecule has 0 spiro atoms. The molecule has 0 fully saturated rings. The molecule has 0 saturated carbocycles. The van der Waals surface area contributed by atoms with Gasteiger partial charge < -0.3 is 14.8 Å². The second-order valence-electron chi connectivity index (χ2n) is 5.13. The number of ether oxygens (including phenoxy) is 2. The highest BCUT2D eigenvalue weighted by Gasteiger charge is 2.26. The van der Waals surface area contributed by atoms with Gasteiger partial charge in [0.1, 0.15) is 6.04 Å². The minimum atomic E-state index is -1.07. The lowest BCUT2D eigenvalue weighted by Gasteiger charge is -2.18. The first kappa shape index (κ1) is 23.1. The van der Waals surface area contributed by atoms with Crippen molar-refractivity contribution >= 4 is 40.5 Å². The van der Waals surface area contributed by atoms with E-state index in [-0.39, 0.29) is 30.8 Å². The fourth-order valence-electron chi connectivity index (χ4n) is 1.55. The summed E-state index contributed by atoms with van der Waals surface area (Å²) >= 11 is 0.681. The van der Waals surface area contributed by atoms with Gasteiger partial charge in [-0.1, -0.05) is 25.6 Å². The number of hydrogen-bond donors (Lipinski definition) is 1. The first-order chi connectivity index (χ1) is 11.8. The van der Waals surface area contributed by atoms with Gasteiger partial charge in [0.05, 0.1) is 19.6 Å². The Morgan fingerprint density at radius 3 is 2.12 bits per heavy atom. The standard InChI is InChI=1S/C16H25NO7S/c1-5-10(4)14(20)17-11(15(21)23-6-2)9-25-13(19)8-12(18)16(22)24-7-3/h10-11H,5-9H2,1-4H3,(H,17,20). The summed E-state index contributed by atoms with van der Waals surface area (Å²) in [5, 5.41) is 1.95. The van der Waals surface area contributed by atoms with Crippen molar-refractivity contribution in [3.05, 3.63) is 0 Å². The molecular formula is C16H25NO7S. The second kappa shape index (κ2) is 12.5. The highest BCUT2D eigenvalue weighted by molar-refractivity contribution is 8.13. The van der Waals surface area contributed by atoms with Gasteiger partial charge in [-0.25, -0.2) is 9.59 Å². The fraction of sp³-hybridized carbons (Fsp3) is 0.688. The predicted octanol–water partition coefficient (Wildman–Crippen LogP) is 0.862. The van der Waals surface area contributed by atoms with E-state index in [4.69, 9.17) is 4.74 Å². The molecule has 0 aromatic heterocycles. The summed E-state index contributed by atoms with van der Waals surface area (Å²) in [5.74, 6) is -3.37. The van der Waals surface area contributed by atoms with Crippen LogP contribution in [0.5, 0.6) is 0 Å². The first-order valence-corrected chi connectivity index (χ1v) is 9.07. The van der Waals surface area contributed by atoms with Gasteiger partial charge in [0.15, 0.2) is 5.12 Å². The minimum absolute atomic E-state index is 0.0402. The van der Waals surface area contributed by atoms with Crippen LogP contribution in [0.15, 0.2) is 0 Å². The third-order valence-corrected chi connectivity index (χ3v) is 4.13. The largest absolute Gasteiger partial charge is 0.464 e. The van der Waals surface area contributed by atoms with E-state index in [1.807, 2.05) is 6.92 Å². The molecule has 0 saturated heterocycles. The highest BCUT2D eigenvalue weighted by Crippen LogP contribution is 2.11. The lowest BCUT2D eigenvalue weighted by atomic mass is 10.1. The van der Waals surface area contributed by atoms with Gasteiger partial charge in [-0.2, -0.15) is 0 Å². The van der Waals surface area contributed by atoms with Crippen LogP contribution in [0.1, 0.15) is 40.5 Å². The molecular weight excluding hydrogens is 350 g/mol. The average Bonchev–Trinajstić information content (AvgIpc) is 2.57. The molecule has 0 heterocycles. The Bertz CT molecular complexity index is 507. The Labute approximate surface area is 151 Å². The SMILES string of the molecule is CCOC(=O)C(=O)CC(=O)SCC(NC(=O)C(C)CC)C(=O)OCC. The molecule has 9 heteroatoms. The molecule has 0 rings (SSSR count). The minimum Gasteiger partial charge on any atom is -0.464 e. The summed E-state index contributed by atoms with van der Waals surface area (Å²) in [6.45, 7) is 6.90. The number of hydrogen-bond acceptors (Lipinski definition) is 8. The Kier molecular flexibility index (Phi) is 11.5. The number of nitrogens with one attached hydrogen (secondary N) is 1.